The molecule has 2 amide bonds. The minimum absolute atomic E-state index is 0.528. The van der Waals surface area contributed by atoms with Crippen LogP contribution in [0.1, 0.15) is 5.56 Å². The van der Waals surface area contributed by atoms with Crippen molar-refractivity contribution in [2.75, 3.05) is 19.0 Å². The minimum Gasteiger partial charge on any atom is -0.497 e. The number of amides is 2. The summed E-state index contributed by atoms with van der Waals surface area (Å²) in [6.45, 7) is 1.10. The average Bonchev–Trinajstić information content (AvgIpc) is 2.37. The number of carboxylic acid groups (broad SMARTS) is 1. The summed E-state index contributed by atoms with van der Waals surface area (Å²) in [5.41, 5.74) is 1.30. The number of ether oxygens (including phenoxy) is 1. The van der Waals surface area contributed by atoms with Gasteiger partial charge < -0.3 is 25.6 Å². The van der Waals surface area contributed by atoms with Crippen LogP contribution in [-0.4, -0.2) is 42.0 Å². The van der Waals surface area contributed by atoms with Gasteiger partial charge in [-0.25, -0.2) is 9.59 Å². The smallest absolute Gasteiger partial charge is 0.328 e. The highest BCUT2D eigenvalue weighted by Crippen LogP contribution is 2.20. The van der Waals surface area contributed by atoms with Gasteiger partial charge in [0, 0.05) is 5.69 Å². The molecule has 19 heavy (non-hydrogen) atoms. The van der Waals surface area contributed by atoms with Gasteiger partial charge in [-0.05, 0) is 30.7 Å². The summed E-state index contributed by atoms with van der Waals surface area (Å²) < 4.78 is 5.03. The van der Waals surface area contributed by atoms with Gasteiger partial charge in [0.2, 0.25) is 0 Å². The van der Waals surface area contributed by atoms with Gasteiger partial charge in [-0.15, -0.1) is 0 Å². The first-order valence-corrected chi connectivity index (χ1v) is 5.53. The fourth-order valence-corrected chi connectivity index (χ4v) is 1.41. The molecule has 0 aliphatic rings. The number of rotatable bonds is 5. The monoisotopic (exact) mass is 268 g/mol. The van der Waals surface area contributed by atoms with Crippen LogP contribution in [0.2, 0.25) is 0 Å². The summed E-state index contributed by atoms with van der Waals surface area (Å²) in [5.74, 6) is -0.647. The lowest BCUT2D eigenvalue weighted by atomic mass is 10.2. The molecular weight excluding hydrogens is 252 g/mol. The van der Waals surface area contributed by atoms with Gasteiger partial charge in [-0.1, -0.05) is 0 Å². The highest BCUT2D eigenvalue weighted by molar-refractivity contribution is 5.92. The summed E-state index contributed by atoms with van der Waals surface area (Å²) in [6.07, 6.45) is 0. The van der Waals surface area contributed by atoms with Crippen LogP contribution >= 0.6 is 0 Å². The normalized spacial score (nSPS) is 11.5. The van der Waals surface area contributed by atoms with Crippen LogP contribution in [0, 0.1) is 6.92 Å². The Kier molecular flexibility index (Phi) is 5.13. The van der Waals surface area contributed by atoms with E-state index in [2.05, 4.69) is 10.6 Å². The van der Waals surface area contributed by atoms with Crippen molar-refractivity contribution in [1.82, 2.24) is 5.32 Å². The third kappa shape index (κ3) is 4.14. The van der Waals surface area contributed by atoms with Gasteiger partial charge in [-0.3, -0.25) is 0 Å². The lowest BCUT2D eigenvalue weighted by molar-refractivity contribution is -0.140. The highest BCUT2D eigenvalue weighted by atomic mass is 16.5. The number of carbonyl (C=O) groups excluding carboxylic acids is 1. The first-order chi connectivity index (χ1) is 8.97. The SMILES string of the molecule is COc1ccc(NC(=O)N[C@@H](CO)C(=O)O)c(C)c1. The van der Waals surface area contributed by atoms with E-state index in [1.807, 2.05) is 0 Å². The van der Waals surface area contributed by atoms with Crippen molar-refractivity contribution < 1.29 is 24.5 Å². The van der Waals surface area contributed by atoms with Crippen molar-refractivity contribution in [1.29, 1.82) is 0 Å². The number of aliphatic hydroxyl groups is 1. The summed E-state index contributed by atoms with van der Waals surface area (Å²) in [6, 6.07) is 3.01. The van der Waals surface area contributed by atoms with Gasteiger partial charge in [0.05, 0.1) is 13.7 Å². The number of aliphatic hydroxyl groups excluding tert-OH is 1. The van der Waals surface area contributed by atoms with Crippen molar-refractivity contribution in [2.45, 2.75) is 13.0 Å². The van der Waals surface area contributed by atoms with Crippen LogP contribution in [0.5, 0.6) is 5.75 Å². The van der Waals surface area contributed by atoms with E-state index in [-0.39, 0.29) is 0 Å². The van der Waals surface area contributed by atoms with Crippen LogP contribution in [-0.2, 0) is 4.79 Å². The number of hydrogen-bond acceptors (Lipinski definition) is 4. The second kappa shape index (κ2) is 6.60. The number of nitrogens with one attached hydrogen (secondary N) is 2. The number of carboxylic acids is 1. The molecule has 7 nitrogen and oxygen atoms in total. The first-order valence-electron chi connectivity index (χ1n) is 5.53. The molecule has 7 heteroatoms. The number of anilines is 1. The van der Waals surface area contributed by atoms with Gasteiger partial charge in [0.1, 0.15) is 5.75 Å². The van der Waals surface area contributed by atoms with E-state index in [1.165, 1.54) is 7.11 Å². The third-order valence-electron chi connectivity index (χ3n) is 2.47. The molecule has 0 aromatic heterocycles. The molecule has 0 saturated carbocycles. The van der Waals surface area contributed by atoms with E-state index < -0.39 is 24.6 Å². The molecule has 4 N–H and O–H groups in total. The molecule has 0 fully saturated rings. The molecule has 0 unspecified atom stereocenters. The number of hydrogen-bond donors (Lipinski definition) is 4. The topological polar surface area (TPSA) is 108 Å². The van der Waals surface area contributed by atoms with E-state index in [0.29, 0.717) is 11.4 Å². The second-order valence-electron chi connectivity index (χ2n) is 3.85. The molecule has 0 radical (unpaired) electrons. The van der Waals surface area contributed by atoms with Crippen LogP contribution in [0.3, 0.4) is 0 Å². The van der Waals surface area contributed by atoms with Crippen molar-refractivity contribution in [3.8, 4) is 5.75 Å². The van der Waals surface area contributed by atoms with E-state index in [1.54, 1.807) is 25.1 Å². The van der Waals surface area contributed by atoms with Crippen molar-refractivity contribution in [3.05, 3.63) is 23.8 Å². The summed E-state index contributed by atoms with van der Waals surface area (Å²) >= 11 is 0. The summed E-state index contributed by atoms with van der Waals surface area (Å²) in [5, 5.41) is 22.1. The van der Waals surface area contributed by atoms with Crippen molar-refractivity contribution in [2.24, 2.45) is 0 Å². The number of methoxy groups -OCH3 is 1. The van der Waals surface area contributed by atoms with Gasteiger partial charge in [0.25, 0.3) is 0 Å². The Morgan fingerprint density at radius 3 is 2.58 bits per heavy atom. The third-order valence-corrected chi connectivity index (χ3v) is 2.47. The number of carbonyl (C=O) groups is 2. The molecule has 1 atom stereocenters. The molecule has 0 spiro atoms. The molecular formula is C12H16N2O5. The van der Waals surface area contributed by atoms with Crippen LogP contribution < -0.4 is 15.4 Å². The van der Waals surface area contributed by atoms with Crippen LogP contribution in [0.4, 0.5) is 10.5 Å². The first kappa shape index (κ1) is 14.8. The van der Waals surface area contributed by atoms with Gasteiger partial charge >= 0.3 is 12.0 Å². The number of aliphatic carboxylic acids is 1. The predicted molar refractivity (Wildman–Crippen MR) is 68.4 cm³/mol. The van der Waals surface area contributed by atoms with E-state index in [0.717, 1.165) is 5.56 Å². The molecule has 0 aliphatic carbocycles. The Morgan fingerprint density at radius 2 is 2.11 bits per heavy atom. The minimum atomic E-state index is -1.33. The molecule has 1 rings (SSSR count). The Bertz CT molecular complexity index is 475. The zero-order chi connectivity index (χ0) is 14.4. The summed E-state index contributed by atoms with van der Waals surface area (Å²) in [7, 11) is 1.54. The number of aryl methyl sites for hydroxylation is 1. The highest BCUT2D eigenvalue weighted by Gasteiger charge is 2.18. The molecule has 0 saturated heterocycles. The molecule has 0 bridgehead atoms. The fourth-order valence-electron chi connectivity index (χ4n) is 1.41. The van der Waals surface area contributed by atoms with E-state index >= 15 is 0 Å². The fraction of sp³-hybridized carbons (Fsp3) is 0.333. The van der Waals surface area contributed by atoms with Crippen LogP contribution in [0.25, 0.3) is 0 Å². The molecule has 1 aromatic carbocycles. The predicted octanol–water partition coefficient (Wildman–Crippen LogP) is 0.571. The zero-order valence-electron chi connectivity index (χ0n) is 10.6. The average molecular weight is 268 g/mol. The van der Waals surface area contributed by atoms with E-state index in [4.69, 9.17) is 14.9 Å². The second-order valence-corrected chi connectivity index (χ2v) is 3.85. The largest absolute Gasteiger partial charge is 0.497 e. The molecule has 104 valence electrons. The summed E-state index contributed by atoms with van der Waals surface area (Å²) in [4.78, 5) is 22.2. The lowest BCUT2D eigenvalue weighted by Gasteiger charge is -2.14. The van der Waals surface area contributed by atoms with Crippen molar-refractivity contribution in [3.63, 3.8) is 0 Å². The Morgan fingerprint density at radius 1 is 1.42 bits per heavy atom. The molecule has 1 aromatic rings. The lowest BCUT2D eigenvalue weighted by Crippen LogP contribution is -2.45. The van der Waals surface area contributed by atoms with Crippen LogP contribution in [0.15, 0.2) is 18.2 Å². The number of benzene rings is 1. The maximum absolute atomic E-state index is 11.6. The quantitative estimate of drug-likeness (QED) is 0.624. The van der Waals surface area contributed by atoms with Crippen molar-refractivity contribution >= 4 is 17.7 Å². The maximum atomic E-state index is 11.6. The number of urea groups is 1. The van der Waals surface area contributed by atoms with E-state index in [9.17, 15) is 9.59 Å². The Labute approximate surface area is 110 Å². The Hall–Kier alpha value is -2.28. The molecule has 0 aliphatic heterocycles. The zero-order valence-corrected chi connectivity index (χ0v) is 10.6. The van der Waals surface area contributed by atoms with Gasteiger partial charge in [0.15, 0.2) is 6.04 Å². The maximum Gasteiger partial charge on any atom is 0.328 e. The Balaban J connectivity index is 2.69. The standard InChI is InChI=1S/C12H16N2O5/c1-7-5-8(19-2)3-4-9(7)13-12(18)14-10(6-15)11(16)17/h3-5,10,15H,6H2,1-2H3,(H,16,17)(H2,13,14,18)/t10-/m0/s1. The van der Waals surface area contributed by atoms with Gasteiger partial charge in [-0.2, -0.15) is 0 Å². The molecule has 0 heterocycles.